The van der Waals surface area contributed by atoms with Gasteiger partial charge in [-0.15, -0.1) is 11.6 Å². The van der Waals surface area contributed by atoms with Crippen LogP contribution in [0.25, 0.3) is 0 Å². The van der Waals surface area contributed by atoms with Gasteiger partial charge in [-0.3, -0.25) is 4.79 Å². The Morgan fingerprint density at radius 2 is 1.83 bits per heavy atom. The Hall–Kier alpha value is -0.820. The fourth-order valence-corrected chi connectivity index (χ4v) is 2.17. The number of carbonyl (C=O) groups is 1. The number of halogens is 1. The van der Waals surface area contributed by atoms with E-state index in [2.05, 4.69) is 39.8 Å². The first-order valence-electron chi connectivity index (χ1n) is 6.70. The van der Waals surface area contributed by atoms with Crippen LogP contribution in [0.4, 0.5) is 0 Å². The highest BCUT2D eigenvalue weighted by Crippen LogP contribution is 2.26. The van der Waals surface area contributed by atoms with Crippen molar-refractivity contribution in [2.45, 2.75) is 52.4 Å². The second-order valence-corrected chi connectivity index (χ2v) is 5.75. The van der Waals surface area contributed by atoms with Crippen molar-refractivity contribution < 1.29 is 4.79 Å². The molecule has 1 aromatic rings. The zero-order valence-electron chi connectivity index (χ0n) is 11.8. The van der Waals surface area contributed by atoms with Crippen LogP contribution in [0.15, 0.2) is 18.2 Å². The van der Waals surface area contributed by atoms with Crippen LogP contribution in [0.5, 0.6) is 0 Å². The lowest BCUT2D eigenvalue weighted by Gasteiger charge is -2.15. The highest BCUT2D eigenvalue weighted by Gasteiger charge is 2.14. The van der Waals surface area contributed by atoms with E-state index in [-0.39, 0.29) is 5.78 Å². The van der Waals surface area contributed by atoms with E-state index in [4.69, 9.17) is 11.6 Å². The van der Waals surface area contributed by atoms with Crippen LogP contribution in [-0.2, 0) is 0 Å². The van der Waals surface area contributed by atoms with Gasteiger partial charge in [-0.2, -0.15) is 0 Å². The summed E-state index contributed by atoms with van der Waals surface area (Å²) in [5.74, 6) is 1.63. The predicted octanol–water partition coefficient (Wildman–Crippen LogP) is 5.14. The van der Waals surface area contributed by atoms with Crippen molar-refractivity contribution in [3.63, 3.8) is 0 Å². The maximum absolute atomic E-state index is 12.2. The number of hydrogen-bond donors (Lipinski definition) is 0. The van der Waals surface area contributed by atoms with Crippen LogP contribution in [-0.4, -0.2) is 11.7 Å². The number of rotatable bonds is 6. The summed E-state index contributed by atoms with van der Waals surface area (Å²) in [5, 5.41) is 0. The van der Waals surface area contributed by atoms with Gasteiger partial charge in [0.1, 0.15) is 0 Å². The summed E-state index contributed by atoms with van der Waals surface area (Å²) in [4.78, 5) is 12.2. The van der Waals surface area contributed by atoms with Gasteiger partial charge >= 0.3 is 0 Å². The number of alkyl halides is 1. The average Bonchev–Trinajstić information content (AvgIpc) is 2.34. The van der Waals surface area contributed by atoms with Crippen LogP contribution in [0.2, 0.25) is 0 Å². The summed E-state index contributed by atoms with van der Waals surface area (Å²) in [6.07, 6.45) is 1.30. The molecular formula is C16H23ClO. The Morgan fingerprint density at radius 1 is 1.17 bits per heavy atom. The van der Waals surface area contributed by atoms with Crippen LogP contribution in [0.1, 0.15) is 73.9 Å². The smallest absolute Gasteiger partial charge is 0.163 e. The van der Waals surface area contributed by atoms with E-state index < -0.39 is 0 Å². The topological polar surface area (TPSA) is 17.1 Å². The standard InChI is InChI=1S/C16H23ClO/c1-11(2)13-7-8-14(15(10-13)12(3)4)16(18)6-5-9-17/h7-8,10-12H,5-6,9H2,1-4H3. The van der Waals surface area contributed by atoms with Crippen molar-refractivity contribution in [3.05, 3.63) is 34.9 Å². The molecule has 0 unspecified atom stereocenters. The first kappa shape index (κ1) is 15.2. The SMILES string of the molecule is CC(C)c1ccc(C(=O)CCCCl)c(C(C)C)c1. The van der Waals surface area contributed by atoms with Crippen LogP contribution in [0, 0.1) is 0 Å². The van der Waals surface area contributed by atoms with Gasteiger partial charge in [0, 0.05) is 17.9 Å². The van der Waals surface area contributed by atoms with E-state index in [0.29, 0.717) is 24.1 Å². The summed E-state index contributed by atoms with van der Waals surface area (Å²) in [6.45, 7) is 8.62. The molecule has 0 saturated heterocycles. The quantitative estimate of drug-likeness (QED) is 0.515. The van der Waals surface area contributed by atoms with Crippen molar-refractivity contribution in [1.82, 2.24) is 0 Å². The van der Waals surface area contributed by atoms with Gasteiger partial charge < -0.3 is 0 Å². The van der Waals surface area contributed by atoms with Crippen molar-refractivity contribution >= 4 is 17.4 Å². The second-order valence-electron chi connectivity index (χ2n) is 5.37. The molecule has 0 fully saturated rings. The summed E-state index contributed by atoms with van der Waals surface area (Å²) < 4.78 is 0. The third-order valence-corrected chi connectivity index (χ3v) is 3.47. The minimum absolute atomic E-state index is 0.217. The molecule has 1 rings (SSSR count). The summed E-state index contributed by atoms with van der Waals surface area (Å²) in [7, 11) is 0. The molecular weight excluding hydrogens is 244 g/mol. The highest BCUT2D eigenvalue weighted by atomic mass is 35.5. The molecule has 0 amide bonds. The summed E-state index contributed by atoms with van der Waals surface area (Å²) in [6, 6.07) is 6.25. The molecule has 0 atom stereocenters. The maximum Gasteiger partial charge on any atom is 0.163 e. The third kappa shape index (κ3) is 3.84. The molecule has 100 valence electrons. The van der Waals surface area contributed by atoms with Crippen molar-refractivity contribution in [2.75, 3.05) is 5.88 Å². The third-order valence-electron chi connectivity index (χ3n) is 3.20. The molecule has 0 spiro atoms. The maximum atomic E-state index is 12.2. The molecule has 18 heavy (non-hydrogen) atoms. The largest absolute Gasteiger partial charge is 0.294 e. The van der Waals surface area contributed by atoms with Gasteiger partial charge in [0.25, 0.3) is 0 Å². The molecule has 2 heteroatoms. The Bertz CT molecular complexity index is 408. The van der Waals surface area contributed by atoms with Crippen molar-refractivity contribution in [1.29, 1.82) is 0 Å². The Kier molecular flexibility index (Phi) is 5.87. The number of hydrogen-bond acceptors (Lipinski definition) is 1. The number of carbonyl (C=O) groups excluding carboxylic acids is 1. The molecule has 0 aliphatic carbocycles. The van der Waals surface area contributed by atoms with Crippen molar-refractivity contribution in [3.8, 4) is 0 Å². The summed E-state index contributed by atoms with van der Waals surface area (Å²) >= 11 is 5.65. The van der Waals surface area contributed by atoms with Gasteiger partial charge in [-0.25, -0.2) is 0 Å². The molecule has 0 heterocycles. The first-order valence-corrected chi connectivity index (χ1v) is 7.23. The molecule has 0 bridgehead atoms. The van der Waals surface area contributed by atoms with E-state index >= 15 is 0 Å². The minimum Gasteiger partial charge on any atom is -0.294 e. The molecule has 0 radical (unpaired) electrons. The predicted molar refractivity (Wildman–Crippen MR) is 78.9 cm³/mol. The van der Waals surface area contributed by atoms with Gasteiger partial charge in [0.15, 0.2) is 5.78 Å². The van der Waals surface area contributed by atoms with Gasteiger partial charge in [0.2, 0.25) is 0 Å². The fourth-order valence-electron chi connectivity index (χ4n) is 2.03. The fraction of sp³-hybridized carbons (Fsp3) is 0.562. The van der Waals surface area contributed by atoms with Crippen LogP contribution in [0.3, 0.4) is 0 Å². The van der Waals surface area contributed by atoms with Gasteiger partial charge in [0.05, 0.1) is 0 Å². The lowest BCUT2D eigenvalue weighted by molar-refractivity contribution is 0.0980. The zero-order valence-corrected chi connectivity index (χ0v) is 12.6. The van der Waals surface area contributed by atoms with E-state index in [1.807, 2.05) is 6.07 Å². The van der Waals surface area contributed by atoms with Crippen LogP contribution >= 0.6 is 11.6 Å². The first-order chi connectivity index (χ1) is 8.47. The average molecular weight is 267 g/mol. The molecule has 1 aromatic carbocycles. The number of benzene rings is 1. The number of ketones is 1. The monoisotopic (exact) mass is 266 g/mol. The molecule has 0 N–H and O–H groups in total. The molecule has 0 aromatic heterocycles. The van der Waals surface area contributed by atoms with Gasteiger partial charge in [-0.05, 0) is 29.4 Å². The van der Waals surface area contributed by atoms with Crippen LogP contribution < -0.4 is 0 Å². The van der Waals surface area contributed by atoms with E-state index in [9.17, 15) is 4.79 Å². The molecule has 1 nitrogen and oxygen atoms in total. The second kappa shape index (κ2) is 6.94. The molecule has 0 aliphatic rings. The normalized spacial score (nSPS) is 11.3. The number of Topliss-reactive ketones (excluding diaryl/α,β-unsaturated/α-hetero) is 1. The Morgan fingerprint density at radius 3 is 2.33 bits per heavy atom. The lowest BCUT2D eigenvalue weighted by atomic mass is 9.89. The van der Waals surface area contributed by atoms with E-state index in [0.717, 1.165) is 12.0 Å². The Labute approximate surface area is 116 Å². The van der Waals surface area contributed by atoms with E-state index in [1.54, 1.807) is 0 Å². The summed E-state index contributed by atoms with van der Waals surface area (Å²) in [5.41, 5.74) is 3.34. The Balaban J connectivity index is 3.07. The van der Waals surface area contributed by atoms with E-state index in [1.165, 1.54) is 11.1 Å². The van der Waals surface area contributed by atoms with Gasteiger partial charge in [-0.1, -0.05) is 45.9 Å². The zero-order chi connectivity index (χ0) is 13.7. The molecule has 0 aliphatic heterocycles. The highest BCUT2D eigenvalue weighted by molar-refractivity contribution is 6.18. The lowest BCUT2D eigenvalue weighted by Crippen LogP contribution is -2.06. The minimum atomic E-state index is 0.217. The van der Waals surface area contributed by atoms with Crippen molar-refractivity contribution in [2.24, 2.45) is 0 Å². The molecule has 0 saturated carbocycles.